The van der Waals surface area contributed by atoms with Gasteiger partial charge in [0.15, 0.2) is 0 Å². The van der Waals surface area contributed by atoms with Gasteiger partial charge in [0.05, 0.1) is 12.2 Å². The highest BCUT2D eigenvalue weighted by Gasteiger charge is 1.97. The maximum atomic E-state index is 5.57. The molecule has 2 aromatic rings. The quantitative estimate of drug-likeness (QED) is 0.808. The van der Waals surface area contributed by atoms with Gasteiger partial charge in [-0.15, -0.1) is 0 Å². The number of nitrogens with two attached hydrogens (primary N) is 1. The summed E-state index contributed by atoms with van der Waals surface area (Å²) in [7, 11) is 0. The van der Waals surface area contributed by atoms with Crippen LogP contribution in [0.1, 0.15) is 11.5 Å². The van der Waals surface area contributed by atoms with Crippen molar-refractivity contribution in [2.75, 3.05) is 11.1 Å². The Balaban J connectivity index is 2.02. The molecule has 0 amide bonds. The number of aryl methyl sites for hydroxylation is 1. The second kappa shape index (κ2) is 4.57. The van der Waals surface area contributed by atoms with Crippen molar-refractivity contribution in [3.8, 4) is 0 Å². The maximum Gasteiger partial charge on any atom is 0.125 e. The molecule has 2 heterocycles. The molecule has 0 aliphatic rings. The third-order valence-electron chi connectivity index (χ3n) is 2.09. The number of nitrogen functional groups attached to an aromatic ring is 1. The molecule has 0 saturated heterocycles. The fourth-order valence-electron chi connectivity index (χ4n) is 1.35. The van der Waals surface area contributed by atoms with E-state index >= 15 is 0 Å². The van der Waals surface area contributed by atoms with Crippen LogP contribution in [0.2, 0.25) is 0 Å². The molecule has 82 valence electrons. The van der Waals surface area contributed by atoms with Crippen molar-refractivity contribution >= 4 is 11.5 Å². The van der Waals surface area contributed by atoms with Gasteiger partial charge < -0.3 is 11.1 Å². The Morgan fingerprint density at radius 3 is 2.81 bits per heavy atom. The Hall–Kier alpha value is -2.17. The van der Waals surface area contributed by atoms with Crippen molar-refractivity contribution in [3.05, 3.63) is 42.1 Å². The fraction of sp³-hybridized carbons (Fsp3) is 0.182. The molecule has 2 rings (SSSR count). The lowest BCUT2D eigenvalue weighted by Gasteiger charge is -2.06. The van der Waals surface area contributed by atoms with Crippen molar-refractivity contribution in [1.82, 2.24) is 15.0 Å². The van der Waals surface area contributed by atoms with E-state index in [4.69, 9.17) is 5.73 Å². The molecule has 0 saturated carbocycles. The highest BCUT2D eigenvalue weighted by molar-refractivity contribution is 5.49. The molecule has 0 fully saturated rings. The molecule has 0 aliphatic heterocycles. The molecule has 0 aliphatic carbocycles. The van der Waals surface area contributed by atoms with Crippen molar-refractivity contribution in [3.63, 3.8) is 0 Å². The SMILES string of the molecule is Cc1nccc(CNc2ccnc(N)c2)n1. The molecule has 0 atom stereocenters. The van der Waals surface area contributed by atoms with Gasteiger partial charge in [0.25, 0.3) is 0 Å². The molecular formula is C11H13N5. The van der Waals surface area contributed by atoms with Gasteiger partial charge in [0, 0.05) is 24.1 Å². The lowest BCUT2D eigenvalue weighted by molar-refractivity contribution is 0.955. The molecule has 5 heteroatoms. The van der Waals surface area contributed by atoms with Crippen molar-refractivity contribution in [2.24, 2.45) is 0 Å². The average molecular weight is 215 g/mol. The predicted molar refractivity (Wildman–Crippen MR) is 62.7 cm³/mol. The van der Waals surface area contributed by atoms with E-state index in [1.165, 1.54) is 0 Å². The molecule has 16 heavy (non-hydrogen) atoms. The Bertz CT molecular complexity index is 438. The van der Waals surface area contributed by atoms with Gasteiger partial charge >= 0.3 is 0 Å². The van der Waals surface area contributed by atoms with Crippen LogP contribution < -0.4 is 11.1 Å². The number of anilines is 2. The van der Waals surface area contributed by atoms with Gasteiger partial charge in [-0.25, -0.2) is 15.0 Å². The Kier molecular flexibility index (Phi) is 2.95. The van der Waals surface area contributed by atoms with Crippen LogP contribution in [0.25, 0.3) is 0 Å². The van der Waals surface area contributed by atoms with Crippen LogP contribution in [0, 0.1) is 6.92 Å². The lowest BCUT2D eigenvalue weighted by atomic mass is 10.3. The zero-order valence-electron chi connectivity index (χ0n) is 9.01. The van der Waals surface area contributed by atoms with Crippen molar-refractivity contribution < 1.29 is 0 Å². The van der Waals surface area contributed by atoms with Gasteiger partial charge in [-0.05, 0) is 19.1 Å². The number of nitrogens with one attached hydrogen (secondary N) is 1. The summed E-state index contributed by atoms with van der Waals surface area (Å²) >= 11 is 0. The van der Waals surface area contributed by atoms with E-state index in [2.05, 4.69) is 20.3 Å². The van der Waals surface area contributed by atoms with Crippen LogP contribution in [0.3, 0.4) is 0 Å². The van der Waals surface area contributed by atoms with Gasteiger partial charge in [-0.3, -0.25) is 0 Å². The molecule has 5 nitrogen and oxygen atoms in total. The van der Waals surface area contributed by atoms with E-state index in [9.17, 15) is 0 Å². The van der Waals surface area contributed by atoms with Crippen LogP contribution in [0.4, 0.5) is 11.5 Å². The summed E-state index contributed by atoms with van der Waals surface area (Å²) in [6.07, 6.45) is 3.42. The summed E-state index contributed by atoms with van der Waals surface area (Å²) in [5.74, 6) is 1.28. The summed E-state index contributed by atoms with van der Waals surface area (Å²) in [6.45, 7) is 2.51. The zero-order chi connectivity index (χ0) is 11.4. The first kappa shape index (κ1) is 10.4. The lowest BCUT2D eigenvalue weighted by Crippen LogP contribution is -2.03. The first-order valence-corrected chi connectivity index (χ1v) is 4.98. The first-order chi connectivity index (χ1) is 7.74. The third kappa shape index (κ3) is 2.66. The highest BCUT2D eigenvalue weighted by atomic mass is 14.9. The summed E-state index contributed by atoms with van der Waals surface area (Å²) in [4.78, 5) is 12.3. The second-order valence-corrected chi connectivity index (χ2v) is 3.42. The van der Waals surface area contributed by atoms with E-state index in [0.29, 0.717) is 12.4 Å². The largest absolute Gasteiger partial charge is 0.384 e. The van der Waals surface area contributed by atoms with Crippen LogP contribution in [-0.2, 0) is 6.54 Å². The molecule has 2 aromatic heterocycles. The maximum absolute atomic E-state index is 5.57. The van der Waals surface area contributed by atoms with Gasteiger partial charge in [-0.2, -0.15) is 0 Å². The summed E-state index contributed by atoms with van der Waals surface area (Å²) in [6, 6.07) is 5.53. The van der Waals surface area contributed by atoms with Crippen molar-refractivity contribution in [1.29, 1.82) is 0 Å². The summed E-state index contributed by atoms with van der Waals surface area (Å²) in [5.41, 5.74) is 7.46. The minimum absolute atomic E-state index is 0.504. The van der Waals surface area contributed by atoms with Crippen LogP contribution in [0.15, 0.2) is 30.6 Å². The minimum atomic E-state index is 0.504. The summed E-state index contributed by atoms with van der Waals surface area (Å²) < 4.78 is 0. The molecule has 0 radical (unpaired) electrons. The number of hydrogen-bond acceptors (Lipinski definition) is 5. The topological polar surface area (TPSA) is 76.7 Å². The van der Waals surface area contributed by atoms with Crippen LogP contribution in [0.5, 0.6) is 0 Å². The molecule has 0 bridgehead atoms. The Morgan fingerprint density at radius 1 is 1.25 bits per heavy atom. The number of hydrogen-bond donors (Lipinski definition) is 2. The van der Waals surface area contributed by atoms with Crippen LogP contribution in [-0.4, -0.2) is 15.0 Å². The number of nitrogens with zero attached hydrogens (tertiary/aromatic N) is 3. The third-order valence-corrected chi connectivity index (χ3v) is 2.09. The molecular weight excluding hydrogens is 202 g/mol. The van der Waals surface area contributed by atoms with Gasteiger partial charge in [0.2, 0.25) is 0 Å². The molecule has 0 unspecified atom stereocenters. The highest BCUT2D eigenvalue weighted by Crippen LogP contribution is 2.09. The Labute approximate surface area is 93.8 Å². The van der Waals surface area contributed by atoms with Gasteiger partial charge in [0.1, 0.15) is 11.6 Å². The van der Waals surface area contributed by atoms with E-state index in [1.54, 1.807) is 18.5 Å². The standard InChI is InChI=1S/C11H13N5/c1-8-13-4-3-10(16-8)7-15-9-2-5-14-11(12)6-9/h2-6H,7H2,1H3,(H3,12,14,15). The van der Waals surface area contributed by atoms with E-state index in [1.807, 2.05) is 19.1 Å². The number of aromatic nitrogens is 3. The minimum Gasteiger partial charge on any atom is -0.384 e. The summed E-state index contributed by atoms with van der Waals surface area (Å²) in [5, 5.41) is 3.22. The fourth-order valence-corrected chi connectivity index (χ4v) is 1.35. The molecule has 0 spiro atoms. The Morgan fingerprint density at radius 2 is 2.06 bits per heavy atom. The van der Waals surface area contributed by atoms with E-state index in [0.717, 1.165) is 17.2 Å². The number of pyridine rings is 1. The normalized spacial score (nSPS) is 10.1. The zero-order valence-corrected chi connectivity index (χ0v) is 9.01. The monoisotopic (exact) mass is 215 g/mol. The van der Waals surface area contributed by atoms with Crippen LogP contribution >= 0.6 is 0 Å². The van der Waals surface area contributed by atoms with Crippen molar-refractivity contribution in [2.45, 2.75) is 13.5 Å². The molecule has 3 N–H and O–H groups in total. The van der Waals surface area contributed by atoms with E-state index in [-0.39, 0.29) is 0 Å². The smallest absolute Gasteiger partial charge is 0.125 e. The predicted octanol–water partition coefficient (Wildman–Crippen LogP) is 1.37. The molecule has 0 aromatic carbocycles. The number of rotatable bonds is 3. The van der Waals surface area contributed by atoms with Gasteiger partial charge in [-0.1, -0.05) is 0 Å². The second-order valence-electron chi connectivity index (χ2n) is 3.42. The average Bonchev–Trinajstić information content (AvgIpc) is 2.27. The first-order valence-electron chi connectivity index (χ1n) is 4.98. The van der Waals surface area contributed by atoms with E-state index < -0.39 is 0 Å².